The van der Waals surface area contributed by atoms with Crippen molar-refractivity contribution in [3.8, 4) is 0 Å². The molecular weight excluding hydrogens is 258 g/mol. The van der Waals surface area contributed by atoms with Crippen molar-refractivity contribution in [2.45, 2.75) is 0 Å². The Kier molecular flexibility index (Phi) is 2.97. The Bertz CT molecular complexity index is 803. The second kappa shape index (κ2) is 4.78. The molecule has 0 aliphatic rings. The summed E-state index contributed by atoms with van der Waals surface area (Å²) in [6, 6.07) is 5.63. The lowest BCUT2D eigenvalue weighted by Gasteiger charge is -2.01. The Balaban J connectivity index is 2.03. The Morgan fingerprint density at radius 3 is 2.95 bits per heavy atom. The minimum Gasteiger partial charge on any atom is -0.302 e. The molecule has 5 heteroatoms. The largest absolute Gasteiger partial charge is 0.302 e. The fourth-order valence-electron chi connectivity index (χ4n) is 1.82. The van der Waals surface area contributed by atoms with Crippen LogP contribution in [0.4, 0.5) is 0 Å². The van der Waals surface area contributed by atoms with Gasteiger partial charge >= 0.3 is 0 Å². The molecule has 3 rings (SSSR count). The van der Waals surface area contributed by atoms with Crippen molar-refractivity contribution in [3.63, 3.8) is 0 Å². The molecule has 0 amide bonds. The van der Waals surface area contributed by atoms with Crippen LogP contribution in [0.5, 0.6) is 0 Å². The molecule has 0 N–H and O–H groups in total. The molecule has 94 valence electrons. The number of hydrogen-bond donors (Lipinski definition) is 0. The number of benzene rings is 1. The van der Waals surface area contributed by atoms with Gasteiger partial charge in [-0.25, -0.2) is 9.97 Å². The van der Waals surface area contributed by atoms with Gasteiger partial charge in [-0.3, -0.25) is 4.79 Å². The number of aromatic nitrogens is 3. The van der Waals surface area contributed by atoms with Crippen LogP contribution < -0.4 is 5.56 Å². The molecule has 0 fully saturated rings. The Labute approximate surface area is 113 Å². The quantitative estimate of drug-likeness (QED) is 0.718. The SMILES string of the molecule is Cn1cnc2cc(C=Cc3nccs3)ccc2c1=O. The first-order valence-electron chi connectivity index (χ1n) is 5.77. The van der Waals surface area contributed by atoms with Gasteiger partial charge in [-0.05, 0) is 23.8 Å². The van der Waals surface area contributed by atoms with Crippen LogP contribution in [0.2, 0.25) is 0 Å². The smallest absolute Gasteiger partial charge is 0.260 e. The summed E-state index contributed by atoms with van der Waals surface area (Å²) in [4.78, 5) is 20.3. The van der Waals surface area contributed by atoms with Gasteiger partial charge in [0.05, 0.1) is 17.2 Å². The first kappa shape index (κ1) is 11.8. The molecule has 0 radical (unpaired) electrons. The molecule has 0 bridgehead atoms. The molecule has 0 atom stereocenters. The zero-order chi connectivity index (χ0) is 13.2. The summed E-state index contributed by atoms with van der Waals surface area (Å²) in [6.07, 6.45) is 7.24. The van der Waals surface area contributed by atoms with Crippen molar-refractivity contribution < 1.29 is 0 Å². The highest BCUT2D eigenvalue weighted by atomic mass is 32.1. The molecule has 0 spiro atoms. The number of thiazole rings is 1. The summed E-state index contributed by atoms with van der Waals surface area (Å²) in [5, 5.41) is 3.53. The van der Waals surface area contributed by atoms with Crippen LogP contribution in [0.1, 0.15) is 10.6 Å². The maximum atomic E-state index is 11.9. The fourth-order valence-corrected chi connectivity index (χ4v) is 2.34. The van der Waals surface area contributed by atoms with E-state index in [1.807, 2.05) is 35.7 Å². The van der Waals surface area contributed by atoms with E-state index < -0.39 is 0 Å². The average Bonchev–Trinajstić information content (AvgIpc) is 2.94. The molecule has 4 nitrogen and oxygen atoms in total. The second-order valence-corrected chi connectivity index (χ2v) is 5.07. The standard InChI is InChI=1S/C14H11N3OS/c1-17-9-16-12-8-10(2-4-11(12)14(17)18)3-5-13-15-6-7-19-13/h2-9H,1H3. The van der Waals surface area contributed by atoms with E-state index in [0.717, 1.165) is 10.6 Å². The Morgan fingerprint density at radius 1 is 1.26 bits per heavy atom. The number of aryl methyl sites for hydroxylation is 1. The van der Waals surface area contributed by atoms with Gasteiger partial charge in [-0.2, -0.15) is 0 Å². The van der Waals surface area contributed by atoms with Gasteiger partial charge in [-0.15, -0.1) is 11.3 Å². The third-order valence-corrected chi connectivity index (χ3v) is 3.55. The van der Waals surface area contributed by atoms with Crippen molar-refractivity contribution in [1.29, 1.82) is 0 Å². The zero-order valence-corrected chi connectivity index (χ0v) is 11.1. The van der Waals surface area contributed by atoms with Crippen LogP contribution in [0, 0.1) is 0 Å². The third-order valence-electron chi connectivity index (χ3n) is 2.81. The predicted octanol–water partition coefficient (Wildman–Crippen LogP) is 2.56. The van der Waals surface area contributed by atoms with E-state index >= 15 is 0 Å². The Morgan fingerprint density at radius 2 is 2.16 bits per heavy atom. The molecule has 0 aliphatic heterocycles. The van der Waals surface area contributed by atoms with Gasteiger partial charge in [0.25, 0.3) is 5.56 Å². The maximum Gasteiger partial charge on any atom is 0.260 e. The summed E-state index contributed by atoms with van der Waals surface area (Å²) >= 11 is 1.58. The van der Waals surface area contributed by atoms with Crippen molar-refractivity contribution in [2.75, 3.05) is 0 Å². The fraction of sp³-hybridized carbons (Fsp3) is 0.0714. The molecule has 19 heavy (non-hydrogen) atoms. The lowest BCUT2D eigenvalue weighted by molar-refractivity contribution is 0.843. The minimum atomic E-state index is -0.0274. The first-order chi connectivity index (χ1) is 9.24. The van der Waals surface area contributed by atoms with Crippen molar-refractivity contribution in [2.24, 2.45) is 7.05 Å². The molecule has 0 unspecified atom stereocenters. The van der Waals surface area contributed by atoms with Gasteiger partial charge in [0, 0.05) is 18.6 Å². The summed E-state index contributed by atoms with van der Waals surface area (Å²) in [5.74, 6) is 0. The van der Waals surface area contributed by atoms with E-state index in [4.69, 9.17) is 0 Å². The molecule has 1 aromatic carbocycles. The molecule has 0 saturated heterocycles. The van der Waals surface area contributed by atoms with Crippen LogP contribution in [0.25, 0.3) is 23.1 Å². The van der Waals surface area contributed by atoms with E-state index in [1.165, 1.54) is 4.57 Å². The zero-order valence-electron chi connectivity index (χ0n) is 10.3. The average molecular weight is 269 g/mol. The first-order valence-corrected chi connectivity index (χ1v) is 6.65. The van der Waals surface area contributed by atoms with E-state index in [1.54, 1.807) is 30.9 Å². The van der Waals surface area contributed by atoms with Crippen LogP contribution in [-0.2, 0) is 7.05 Å². The molecule has 0 aliphatic carbocycles. The Hall–Kier alpha value is -2.27. The number of fused-ring (bicyclic) bond motifs is 1. The van der Waals surface area contributed by atoms with Crippen LogP contribution in [0.15, 0.2) is 40.9 Å². The van der Waals surface area contributed by atoms with Gasteiger partial charge in [0.2, 0.25) is 0 Å². The van der Waals surface area contributed by atoms with Crippen LogP contribution >= 0.6 is 11.3 Å². The van der Waals surface area contributed by atoms with Gasteiger partial charge in [-0.1, -0.05) is 12.1 Å². The van der Waals surface area contributed by atoms with Crippen LogP contribution in [0.3, 0.4) is 0 Å². The topological polar surface area (TPSA) is 47.8 Å². The third kappa shape index (κ3) is 2.32. The maximum absolute atomic E-state index is 11.9. The van der Waals surface area contributed by atoms with E-state index in [9.17, 15) is 4.79 Å². The van der Waals surface area contributed by atoms with Gasteiger partial charge in [0.15, 0.2) is 0 Å². The highest BCUT2D eigenvalue weighted by molar-refractivity contribution is 7.10. The molecule has 0 saturated carbocycles. The monoisotopic (exact) mass is 269 g/mol. The number of nitrogens with zero attached hydrogens (tertiary/aromatic N) is 3. The highest BCUT2D eigenvalue weighted by Gasteiger charge is 2.01. The van der Waals surface area contributed by atoms with E-state index in [0.29, 0.717) is 10.9 Å². The van der Waals surface area contributed by atoms with Gasteiger partial charge < -0.3 is 4.57 Å². The summed E-state index contributed by atoms with van der Waals surface area (Å²) in [6.45, 7) is 0. The van der Waals surface area contributed by atoms with Crippen molar-refractivity contribution in [1.82, 2.24) is 14.5 Å². The number of rotatable bonds is 2. The van der Waals surface area contributed by atoms with Crippen LogP contribution in [-0.4, -0.2) is 14.5 Å². The second-order valence-electron chi connectivity index (χ2n) is 4.14. The van der Waals surface area contributed by atoms with Gasteiger partial charge in [0.1, 0.15) is 5.01 Å². The molecule has 2 heterocycles. The molecular formula is C14H11N3OS. The molecule has 3 aromatic rings. The lowest BCUT2D eigenvalue weighted by Crippen LogP contribution is -2.16. The summed E-state index contributed by atoms with van der Waals surface area (Å²) < 4.78 is 1.48. The normalized spacial score (nSPS) is 11.4. The lowest BCUT2D eigenvalue weighted by atomic mass is 10.1. The van der Waals surface area contributed by atoms with E-state index in [2.05, 4.69) is 9.97 Å². The highest BCUT2D eigenvalue weighted by Crippen LogP contribution is 2.14. The predicted molar refractivity (Wildman–Crippen MR) is 78.0 cm³/mol. The minimum absolute atomic E-state index is 0.0274. The van der Waals surface area contributed by atoms with Crippen molar-refractivity contribution in [3.05, 3.63) is 57.0 Å². The van der Waals surface area contributed by atoms with E-state index in [-0.39, 0.29) is 5.56 Å². The number of hydrogen-bond acceptors (Lipinski definition) is 4. The summed E-state index contributed by atoms with van der Waals surface area (Å²) in [7, 11) is 1.70. The molecule has 2 aromatic heterocycles. The van der Waals surface area contributed by atoms with Crippen molar-refractivity contribution >= 4 is 34.4 Å². The summed E-state index contributed by atoms with van der Waals surface area (Å²) in [5.41, 5.74) is 1.69.